The molecule has 5 heteroatoms. The molecule has 0 bridgehead atoms. The highest BCUT2D eigenvalue weighted by Gasteiger charge is 2.11. The summed E-state index contributed by atoms with van der Waals surface area (Å²) in [6.45, 7) is 2.82. The van der Waals surface area contributed by atoms with Crippen LogP contribution in [0.1, 0.15) is 36.5 Å². The fraction of sp³-hybridized carbons (Fsp3) is 0.533. The SMILES string of the molecule is CCCC(CCO)CNC(=O)c1ccc(S(C)=O)cc1. The number of aliphatic hydroxyl groups excluding tert-OH is 1. The monoisotopic (exact) mass is 297 g/mol. The van der Waals surface area contributed by atoms with Crippen LogP contribution in [0.15, 0.2) is 29.2 Å². The maximum Gasteiger partial charge on any atom is 0.251 e. The highest BCUT2D eigenvalue weighted by molar-refractivity contribution is 7.84. The van der Waals surface area contributed by atoms with Crippen molar-refractivity contribution >= 4 is 16.7 Å². The Morgan fingerprint density at radius 2 is 1.95 bits per heavy atom. The van der Waals surface area contributed by atoms with Crippen LogP contribution in [0.4, 0.5) is 0 Å². The number of hydrogen-bond acceptors (Lipinski definition) is 3. The average molecular weight is 297 g/mol. The minimum absolute atomic E-state index is 0.127. The second-order valence-electron chi connectivity index (χ2n) is 4.86. The lowest BCUT2D eigenvalue weighted by molar-refractivity contribution is 0.0943. The zero-order valence-electron chi connectivity index (χ0n) is 12.1. The van der Waals surface area contributed by atoms with Crippen molar-refractivity contribution in [3.8, 4) is 0 Å². The fourth-order valence-corrected chi connectivity index (χ4v) is 2.60. The molecule has 1 amide bonds. The van der Waals surface area contributed by atoms with Crippen molar-refractivity contribution in [2.24, 2.45) is 5.92 Å². The predicted molar refractivity (Wildman–Crippen MR) is 81.2 cm³/mol. The Balaban J connectivity index is 2.55. The van der Waals surface area contributed by atoms with Crippen molar-refractivity contribution in [3.63, 3.8) is 0 Å². The van der Waals surface area contributed by atoms with E-state index in [4.69, 9.17) is 5.11 Å². The Kier molecular flexibility index (Phi) is 7.47. The first kappa shape index (κ1) is 16.9. The van der Waals surface area contributed by atoms with Gasteiger partial charge in [-0.3, -0.25) is 9.00 Å². The van der Waals surface area contributed by atoms with Gasteiger partial charge in [-0.05, 0) is 43.0 Å². The minimum Gasteiger partial charge on any atom is -0.396 e. The smallest absolute Gasteiger partial charge is 0.251 e. The van der Waals surface area contributed by atoms with Gasteiger partial charge in [0.25, 0.3) is 5.91 Å². The largest absolute Gasteiger partial charge is 0.396 e. The van der Waals surface area contributed by atoms with Gasteiger partial charge in [-0.1, -0.05) is 13.3 Å². The number of amides is 1. The Hall–Kier alpha value is -1.20. The topological polar surface area (TPSA) is 66.4 Å². The van der Waals surface area contributed by atoms with Crippen LogP contribution >= 0.6 is 0 Å². The third kappa shape index (κ3) is 5.43. The summed E-state index contributed by atoms with van der Waals surface area (Å²) in [5, 5.41) is 11.9. The van der Waals surface area contributed by atoms with E-state index >= 15 is 0 Å². The van der Waals surface area contributed by atoms with Gasteiger partial charge in [-0.15, -0.1) is 0 Å². The Labute approximate surface area is 123 Å². The second-order valence-corrected chi connectivity index (χ2v) is 6.24. The quantitative estimate of drug-likeness (QED) is 0.771. The summed E-state index contributed by atoms with van der Waals surface area (Å²) in [5.41, 5.74) is 0.568. The highest BCUT2D eigenvalue weighted by Crippen LogP contribution is 2.11. The average Bonchev–Trinajstić information content (AvgIpc) is 2.45. The molecule has 0 aromatic heterocycles. The van der Waals surface area contributed by atoms with E-state index in [0.29, 0.717) is 29.3 Å². The number of hydrogen-bond donors (Lipinski definition) is 2. The minimum atomic E-state index is -1.03. The molecule has 0 radical (unpaired) electrons. The molecule has 2 atom stereocenters. The lowest BCUT2D eigenvalue weighted by Gasteiger charge is -2.15. The van der Waals surface area contributed by atoms with E-state index in [-0.39, 0.29) is 12.5 Å². The van der Waals surface area contributed by atoms with Gasteiger partial charge in [-0.25, -0.2) is 0 Å². The van der Waals surface area contributed by atoms with Crippen LogP contribution in [0.5, 0.6) is 0 Å². The second kappa shape index (κ2) is 8.87. The zero-order valence-corrected chi connectivity index (χ0v) is 12.9. The lowest BCUT2D eigenvalue weighted by Crippen LogP contribution is -2.29. The molecule has 0 heterocycles. The van der Waals surface area contributed by atoms with E-state index < -0.39 is 10.8 Å². The van der Waals surface area contributed by atoms with Crippen LogP contribution in [0.2, 0.25) is 0 Å². The highest BCUT2D eigenvalue weighted by atomic mass is 32.2. The van der Waals surface area contributed by atoms with Crippen molar-refractivity contribution in [1.82, 2.24) is 5.32 Å². The van der Waals surface area contributed by atoms with Gasteiger partial charge >= 0.3 is 0 Å². The molecule has 20 heavy (non-hydrogen) atoms. The summed E-state index contributed by atoms with van der Waals surface area (Å²) in [6.07, 6.45) is 4.35. The van der Waals surface area contributed by atoms with E-state index in [0.717, 1.165) is 12.8 Å². The normalized spacial score (nSPS) is 13.8. The maximum absolute atomic E-state index is 12.0. The molecule has 112 valence electrons. The van der Waals surface area contributed by atoms with Gasteiger partial charge in [0.1, 0.15) is 0 Å². The summed E-state index contributed by atoms with van der Waals surface area (Å²) < 4.78 is 11.3. The van der Waals surface area contributed by atoms with Crippen LogP contribution in [-0.4, -0.2) is 34.6 Å². The number of nitrogens with one attached hydrogen (secondary N) is 1. The molecule has 1 aromatic carbocycles. The summed E-state index contributed by atoms with van der Waals surface area (Å²) in [4.78, 5) is 12.7. The first-order valence-electron chi connectivity index (χ1n) is 6.91. The van der Waals surface area contributed by atoms with E-state index in [9.17, 15) is 9.00 Å². The van der Waals surface area contributed by atoms with E-state index in [2.05, 4.69) is 12.2 Å². The molecule has 0 spiro atoms. The van der Waals surface area contributed by atoms with Crippen molar-refractivity contribution in [2.75, 3.05) is 19.4 Å². The summed E-state index contributed by atoms with van der Waals surface area (Å²) >= 11 is 0. The van der Waals surface area contributed by atoms with E-state index in [1.165, 1.54) is 0 Å². The first-order valence-corrected chi connectivity index (χ1v) is 8.46. The summed E-state index contributed by atoms with van der Waals surface area (Å²) in [6, 6.07) is 6.80. The molecular weight excluding hydrogens is 274 g/mol. The summed E-state index contributed by atoms with van der Waals surface area (Å²) in [5.74, 6) is 0.189. The Bertz CT molecular complexity index is 439. The molecule has 2 unspecified atom stereocenters. The van der Waals surface area contributed by atoms with E-state index in [1.807, 2.05) is 0 Å². The Morgan fingerprint density at radius 1 is 1.30 bits per heavy atom. The third-order valence-corrected chi connectivity index (χ3v) is 4.17. The predicted octanol–water partition coefficient (Wildman–Crippen LogP) is 1.95. The molecule has 0 saturated carbocycles. The standard InChI is InChI=1S/C15H23NO3S/c1-3-4-12(9-10-17)11-16-15(18)13-5-7-14(8-6-13)20(2)19/h5-8,12,17H,3-4,9-11H2,1-2H3,(H,16,18). The maximum atomic E-state index is 12.0. The number of carbonyl (C=O) groups excluding carboxylic acids is 1. The van der Waals surface area contributed by atoms with E-state index in [1.54, 1.807) is 30.5 Å². The Morgan fingerprint density at radius 3 is 2.45 bits per heavy atom. The zero-order chi connectivity index (χ0) is 15.0. The molecule has 4 nitrogen and oxygen atoms in total. The van der Waals surface area contributed by atoms with Crippen molar-refractivity contribution < 1.29 is 14.1 Å². The summed E-state index contributed by atoms with van der Waals surface area (Å²) in [7, 11) is -1.03. The van der Waals surface area contributed by atoms with Crippen LogP contribution < -0.4 is 5.32 Å². The number of benzene rings is 1. The van der Waals surface area contributed by atoms with Gasteiger partial charge in [-0.2, -0.15) is 0 Å². The van der Waals surface area contributed by atoms with Crippen LogP contribution in [-0.2, 0) is 10.8 Å². The molecule has 0 saturated heterocycles. The van der Waals surface area contributed by atoms with Gasteiger partial charge in [0.05, 0.1) is 0 Å². The molecule has 0 aliphatic rings. The van der Waals surface area contributed by atoms with Crippen molar-refractivity contribution in [3.05, 3.63) is 29.8 Å². The van der Waals surface area contributed by atoms with Gasteiger partial charge < -0.3 is 10.4 Å². The third-order valence-electron chi connectivity index (χ3n) is 3.23. The number of aliphatic hydroxyl groups is 1. The molecular formula is C15H23NO3S. The number of carbonyl (C=O) groups is 1. The van der Waals surface area contributed by atoms with Gasteiger partial charge in [0.2, 0.25) is 0 Å². The number of rotatable bonds is 8. The van der Waals surface area contributed by atoms with Crippen LogP contribution in [0.25, 0.3) is 0 Å². The van der Waals surface area contributed by atoms with Crippen molar-refractivity contribution in [1.29, 1.82) is 0 Å². The molecule has 1 rings (SSSR count). The molecule has 2 N–H and O–H groups in total. The van der Waals surface area contributed by atoms with Crippen LogP contribution in [0.3, 0.4) is 0 Å². The molecule has 0 aliphatic carbocycles. The molecule has 0 fully saturated rings. The lowest BCUT2D eigenvalue weighted by atomic mass is 10.00. The van der Waals surface area contributed by atoms with Gasteiger partial charge in [0, 0.05) is 40.7 Å². The van der Waals surface area contributed by atoms with Gasteiger partial charge in [0.15, 0.2) is 0 Å². The molecule has 0 aliphatic heterocycles. The van der Waals surface area contributed by atoms with Crippen molar-refractivity contribution in [2.45, 2.75) is 31.1 Å². The fourth-order valence-electron chi connectivity index (χ4n) is 2.08. The molecule has 1 aromatic rings. The first-order chi connectivity index (χ1) is 9.58. The van der Waals surface area contributed by atoms with Crippen LogP contribution in [0, 0.1) is 5.92 Å².